The third kappa shape index (κ3) is 4.49. The molecule has 2 aliphatic heterocycles. The van der Waals surface area contributed by atoms with Crippen molar-refractivity contribution >= 4 is 46.9 Å². The van der Waals surface area contributed by atoms with E-state index >= 15 is 0 Å². The summed E-state index contributed by atoms with van der Waals surface area (Å²) in [6, 6.07) is 5.33. The van der Waals surface area contributed by atoms with Crippen LogP contribution in [-0.4, -0.2) is 70.3 Å². The highest BCUT2D eigenvalue weighted by Crippen LogP contribution is 2.20. The average Bonchev–Trinajstić information content (AvgIpc) is 3.01. The Kier molecular flexibility index (Phi) is 5.90. The van der Waals surface area contributed by atoms with Crippen molar-refractivity contribution in [3.8, 4) is 0 Å². The molecule has 2 fully saturated rings. The summed E-state index contributed by atoms with van der Waals surface area (Å²) in [4.78, 5) is 39.7. The maximum absolute atomic E-state index is 12.5. The summed E-state index contributed by atoms with van der Waals surface area (Å²) >= 11 is 3.38. The number of benzene rings is 1. The van der Waals surface area contributed by atoms with Gasteiger partial charge >= 0.3 is 0 Å². The molecule has 3 rings (SSSR count). The van der Waals surface area contributed by atoms with E-state index < -0.39 is 0 Å². The third-order valence-electron chi connectivity index (χ3n) is 4.21. The fraction of sp³-hybridized carbons (Fsp3) is 0.471. The molecule has 0 saturated carbocycles. The average molecular weight is 380 g/mol. The number of rotatable bonds is 4. The van der Waals surface area contributed by atoms with Crippen molar-refractivity contribution in [2.45, 2.75) is 6.92 Å². The van der Waals surface area contributed by atoms with Gasteiger partial charge in [0.05, 0.1) is 11.6 Å². The highest BCUT2D eigenvalue weighted by atomic mass is 32.2. The van der Waals surface area contributed by atoms with Crippen LogP contribution in [-0.2, 0) is 9.59 Å². The summed E-state index contributed by atoms with van der Waals surface area (Å²) in [5, 5.41) is 2.83. The Labute approximate surface area is 155 Å². The Balaban J connectivity index is 1.62. The normalized spacial score (nSPS) is 17.7. The van der Waals surface area contributed by atoms with E-state index in [1.165, 1.54) is 11.8 Å². The number of aryl methyl sites for hydroxylation is 1. The van der Waals surface area contributed by atoms with Crippen LogP contribution in [0.3, 0.4) is 0 Å². The van der Waals surface area contributed by atoms with Gasteiger partial charge in [-0.1, -0.05) is 0 Å². The van der Waals surface area contributed by atoms with Gasteiger partial charge in [-0.3, -0.25) is 14.4 Å². The number of amides is 3. The number of nitrogens with zero attached hydrogens (tertiary/aromatic N) is 2. The van der Waals surface area contributed by atoms with E-state index in [-0.39, 0.29) is 24.3 Å². The van der Waals surface area contributed by atoms with Crippen LogP contribution in [0.1, 0.15) is 15.9 Å². The molecule has 0 unspecified atom stereocenters. The Morgan fingerprint density at radius 2 is 1.96 bits per heavy atom. The van der Waals surface area contributed by atoms with E-state index in [9.17, 15) is 14.4 Å². The fourth-order valence-electron chi connectivity index (χ4n) is 2.79. The number of hydrogen-bond acceptors (Lipinski definition) is 5. The zero-order valence-corrected chi connectivity index (χ0v) is 15.8. The number of hydrogen-bond donors (Lipinski definition) is 1. The van der Waals surface area contributed by atoms with Gasteiger partial charge in [-0.25, -0.2) is 0 Å². The number of anilines is 1. The molecule has 1 N–H and O–H groups in total. The second-order valence-electron chi connectivity index (χ2n) is 6.05. The molecule has 0 radical (unpaired) electrons. The fourth-order valence-corrected chi connectivity index (χ4v) is 4.60. The predicted molar refractivity (Wildman–Crippen MR) is 102 cm³/mol. The Hall–Kier alpha value is -1.67. The quantitative estimate of drug-likeness (QED) is 0.862. The number of nitrogens with one attached hydrogen (secondary N) is 1. The standard InChI is InChI=1S/C17H21N3O3S2/c1-12-8-13(17(23)19-4-6-24-7-5-19)2-3-14(12)18-15(21)9-20-11-25-10-16(20)22/h2-3,8H,4-7,9-11H2,1H3,(H,18,21). The SMILES string of the molecule is Cc1cc(C(=O)N2CCSCC2)ccc1NC(=O)CN1CSCC1=O. The predicted octanol–water partition coefficient (Wildman–Crippen LogP) is 1.66. The van der Waals surface area contributed by atoms with E-state index in [4.69, 9.17) is 0 Å². The van der Waals surface area contributed by atoms with Gasteiger partial charge in [-0.05, 0) is 30.7 Å². The third-order valence-corrected chi connectivity index (χ3v) is 6.09. The van der Waals surface area contributed by atoms with Crippen molar-refractivity contribution in [2.75, 3.05) is 48.1 Å². The van der Waals surface area contributed by atoms with Crippen molar-refractivity contribution in [1.29, 1.82) is 0 Å². The minimum Gasteiger partial charge on any atom is -0.337 e. The minimum atomic E-state index is -0.217. The van der Waals surface area contributed by atoms with Gasteiger partial charge < -0.3 is 15.1 Å². The summed E-state index contributed by atoms with van der Waals surface area (Å²) in [5.74, 6) is 2.79. The largest absolute Gasteiger partial charge is 0.337 e. The Morgan fingerprint density at radius 3 is 2.60 bits per heavy atom. The lowest BCUT2D eigenvalue weighted by Gasteiger charge is -2.26. The number of thioether (sulfide) groups is 2. The molecular weight excluding hydrogens is 358 g/mol. The Bertz CT molecular complexity index is 690. The van der Waals surface area contributed by atoms with Gasteiger partial charge in [-0.15, -0.1) is 11.8 Å². The van der Waals surface area contributed by atoms with Crippen molar-refractivity contribution < 1.29 is 14.4 Å². The summed E-state index contributed by atoms with van der Waals surface area (Å²) in [6.07, 6.45) is 0. The van der Waals surface area contributed by atoms with Crippen molar-refractivity contribution in [1.82, 2.24) is 9.80 Å². The van der Waals surface area contributed by atoms with E-state index in [0.717, 1.165) is 30.2 Å². The van der Waals surface area contributed by atoms with Crippen molar-refractivity contribution in [3.63, 3.8) is 0 Å². The maximum Gasteiger partial charge on any atom is 0.253 e. The molecule has 0 bridgehead atoms. The Morgan fingerprint density at radius 1 is 1.20 bits per heavy atom. The van der Waals surface area contributed by atoms with Gasteiger partial charge in [0, 0.05) is 35.8 Å². The number of carbonyl (C=O) groups is 3. The summed E-state index contributed by atoms with van der Waals surface area (Å²) in [7, 11) is 0. The molecule has 2 heterocycles. The van der Waals surface area contributed by atoms with Crippen LogP contribution >= 0.6 is 23.5 Å². The van der Waals surface area contributed by atoms with Crippen LogP contribution in [0.4, 0.5) is 5.69 Å². The molecule has 1 aromatic rings. The molecule has 25 heavy (non-hydrogen) atoms. The van der Waals surface area contributed by atoms with Crippen LogP contribution in [0.15, 0.2) is 18.2 Å². The molecule has 6 nitrogen and oxygen atoms in total. The molecule has 2 saturated heterocycles. The molecule has 134 valence electrons. The summed E-state index contributed by atoms with van der Waals surface area (Å²) in [6.45, 7) is 3.50. The van der Waals surface area contributed by atoms with Gasteiger partial charge in [0.25, 0.3) is 5.91 Å². The zero-order chi connectivity index (χ0) is 17.8. The molecule has 1 aromatic carbocycles. The first kappa shape index (κ1) is 18.1. The first-order valence-electron chi connectivity index (χ1n) is 8.17. The molecule has 0 aromatic heterocycles. The zero-order valence-electron chi connectivity index (χ0n) is 14.1. The van der Waals surface area contributed by atoms with Crippen LogP contribution < -0.4 is 5.32 Å². The second-order valence-corrected chi connectivity index (χ2v) is 8.23. The van der Waals surface area contributed by atoms with Crippen LogP contribution in [0.5, 0.6) is 0 Å². The molecular formula is C17H21N3O3S2. The van der Waals surface area contributed by atoms with E-state index in [1.54, 1.807) is 17.0 Å². The highest BCUT2D eigenvalue weighted by molar-refractivity contribution is 8.00. The van der Waals surface area contributed by atoms with Gasteiger partial charge in [-0.2, -0.15) is 11.8 Å². The molecule has 0 aliphatic carbocycles. The first-order chi connectivity index (χ1) is 12.0. The van der Waals surface area contributed by atoms with Crippen LogP contribution in [0.25, 0.3) is 0 Å². The molecule has 0 spiro atoms. The van der Waals surface area contributed by atoms with Crippen LogP contribution in [0.2, 0.25) is 0 Å². The summed E-state index contributed by atoms with van der Waals surface area (Å²) in [5.41, 5.74) is 2.16. The topological polar surface area (TPSA) is 69.7 Å². The van der Waals surface area contributed by atoms with E-state index in [0.29, 0.717) is 22.9 Å². The lowest BCUT2D eigenvalue weighted by Crippen LogP contribution is -2.38. The van der Waals surface area contributed by atoms with Crippen molar-refractivity contribution in [2.24, 2.45) is 0 Å². The second kappa shape index (κ2) is 8.14. The molecule has 3 amide bonds. The smallest absolute Gasteiger partial charge is 0.253 e. The van der Waals surface area contributed by atoms with E-state index in [1.807, 2.05) is 29.7 Å². The van der Waals surface area contributed by atoms with Gasteiger partial charge in [0.15, 0.2) is 0 Å². The molecule has 8 heteroatoms. The lowest BCUT2D eigenvalue weighted by atomic mass is 10.1. The van der Waals surface area contributed by atoms with Gasteiger partial charge in [0.2, 0.25) is 11.8 Å². The monoisotopic (exact) mass is 379 g/mol. The summed E-state index contributed by atoms with van der Waals surface area (Å²) < 4.78 is 0. The van der Waals surface area contributed by atoms with Gasteiger partial charge in [0.1, 0.15) is 6.54 Å². The van der Waals surface area contributed by atoms with E-state index in [2.05, 4.69) is 5.32 Å². The van der Waals surface area contributed by atoms with Crippen LogP contribution in [0, 0.1) is 6.92 Å². The number of carbonyl (C=O) groups excluding carboxylic acids is 3. The van der Waals surface area contributed by atoms with Crippen molar-refractivity contribution in [3.05, 3.63) is 29.3 Å². The minimum absolute atomic E-state index is 0.00230. The molecule has 0 atom stereocenters. The highest BCUT2D eigenvalue weighted by Gasteiger charge is 2.23. The first-order valence-corrected chi connectivity index (χ1v) is 10.5. The maximum atomic E-state index is 12.5. The molecule has 2 aliphatic rings. The lowest BCUT2D eigenvalue weighted by molar-refractivity contribution is -0.130.